The number of carbonyl (C=O) groups is 2. The van der Waals surface area contributed by atoms with Crippen molar-refractivity contribution in [2.45, 2.75) is 20.0 Å². The van der Waals surface area contributed by atoms with Crippen LogP contribution < -0.4 is 10.1 Å². The molecule has 0 spiro atoms. The lowest BCUT2D eigenvalue weighted by atomic mass is 10.1. The smallest absolute Gasteiger partial charge is 0.418 e. The van der Waals surface area contributed by atoms with Crippen LogP contribution in [0.15, 0.2) is 42.5 Å². The number of amides is 1. The Morgan fingerprint density at radius 2 is 1.70 bits per heavy atom. The Balaban J connectivity index is 1.85. The molecule has 0 aromatic heterocycles. The number of benzene rings is 2. The molecule has 0 fully saturated rings. The molecule has 2 rings (SSSR count). The number of hydrogen-bond donors (Lipinski definition) is 1. The van der Waals surface area contributed by atoms with Crippen molar-refractivity contribution in [2.24, 2.45) is 0 Å². The first kappa shape index (κ1) is 20.3. The lowest BCUT2D eigenvalue weighted by Crippen LogP contribution is -2.24. The molecule has 144 valence electrons. The Labute approximate surface area is 154 Å². The van der Waals surface area contributed by atoms with Crippen LogP contribution in [0.3, 0.4) is 0 Å². The van der Waals surface area contributed by atoms with Crippen molar-refractivity contribution in [3.8, 4) is 5.75 Å². The highest BCUT2D eigenvalue weighted by molar-refractivity contribution is 5.93. The maximum atomic E-state index is 12.9. The van der Waals surface area contributed by atoms with Gasteiger partial charge in [-0.15, -0.1) is 0 Å². The van der Waals surface area contributed by atoms with E-state index in [1.54, 1.807) is 12.1 Å². The van der Waals surface area contributed by atoms with Gasteiger partial charge in [-0.2, -0.15) is 13.2 Å². The number of aryl methyl sites for hydroxylation is 1. The summed E-state index contributed by atoms with van der Waals surface area (Å²) in [7, 11) is 0. The average molecular weight is 381 g/mol. The van der Waals surface area contributed by atoms with Crippen molar-refractivity contribution in [2.75, 3.05) is 18.5 Å². The molecule has 0 aliphatic heterocycles. The largest absolute Gasteiger partial charge is 0.482 e. The van der Waals surface area contributed by atoms with E-state index in [9.17, 15) is 22.8 Å². The second-order valence-electron chi connectivity index (χ2n) is 5.74. The summed E-state index contributed by atoms with van der Waals surface area (Å²) in [6.45, 7) is 2.59. The lowest BCUT2D eigenvalue weighted by molar-refractivity contribution is -0.149. The Hall–Kier alpha value is -3.03. The fourth-order valence-corrected chi connectivity index (χ4v) is 2.23. The molecule has 0 unspecified atom stereocenters. The van der Waals surface area contributed by atoms with E-state index in [1.165, 1.54) is 12.1 Å². The van der Waals surface area contributed by atoms with Gasteiger partial charge in [-0.1, -0.05) is 24.3 Å². The molecule has 0 atom stereocenters. The number of nitrogens with one attached hydrogen (secondary N) is 1. The molecule has 0 saturated heterocycles. The van der Waals surface area contributed by atoms with Gasteiger partial charge < -0.3 is 14.8 Å². The van der Waals surface area contributed by atoms with Crippen LogP contribution in [0.4, 0.5) is 18.9 Å². The monoisotopic (exact) mass is 381 g/mol. The molecule has 5 nitrogen and oxygen atoms in total. The van der Waals surface area contributed by atoms with Crippen molar-refractivity contribution < 1.29 is 32.2 Å². The van der Waals surface area contributed by atoms with Gasteiger partial charge in [-0.05, 0) is 43.2 Å². The van der Waals surface area contributed by atoms with E-state index in [2.05, 4.69) is 5.32 Å². The van der Waals surface area contributed by atoms with E-state index < -0.39 is 42.5 Å². The van der Waals surface area contributed by atoms with Gasteiger partial charge in [0.1, 0.15) is 5.75 Å². The number of hydrogen-bond acceptors (Lipinski definition) is 4. The molecular weight excluding hydrogens is 363 g/mol. The van der Waals surface area contributed by atoms with Crippen LogP contribution in [0.1, 0.15) is 16.7 Å². The fourth-order valence-electron chi connectivity index (χ4n) is 2.23. The van der Waals surface area contributed by atoms with Gasteiger partial charge in [0.15, 0.2) is 13.2 Å². The molecule has 1 amide bonds. The maximum absolute atomic E-state index is 12.9. The van der Waals surface area contributed by atoms with Crippen LogP contribution in [0.2, 0.25) is 0 Å². The summed E-state index contributed by atoms with van der Waals surface area (Å²) in [5.41, 5.74) is 0.469. The highest BCUT2D eigenvalue weighted by atomic mass is 19.4. The number of esters is 1. The van der Waals surface area contributed by atoms with E-state index >= 15 is 0 Å². The zero-order valence-electron chi connectivity index (χ0n) is 14.7. The number of rotatable bonds is 6. The van der Waals surface area contributed by atoms with Crippen molar-refractivity contribution in [3.63, 3.8) is 0 Å². The summed E-state index contributed by atoms with van der Waals surface area (Å²) < 4.78 is 48.7. The molecule has 2 aromatic rings. The van der Waals surface area contributed by atoms with Gasteiger partial charge in [0, 0.05) is 0 Å². The summed E-state index contributed by atoms with van der Waals surface area (Å²) in [5, 5.41) is 2.09. The van der Waals surface area contributed by atoms with Crippen molar-refractivity contribution in [1.29, 1.82) is 0 Å². The molecule has 0 heterocycles. The first-order valence-corrected chi connectivity index (χ1v) is 7.99. The Kier molecular flexibility index (Phi) is 6.44. The third kappa shape index (κ3) is 5.73. The van der Waals surface area contributed by atoms with Crippen molar-refractivity contribution in [1.82, 2.24) is 0 Å². The molecule has 1 N–H and O–H groups in total. The predicted octanol–water partition coefficient (Wildman–Crippen LogP) is 3.88. The van der Waals surface area contributed by atoms with Gasteiger partial charge in [0.05, 0.1) is 11.3 Å². The summed E-state index contributed by atoms with van der Waals surface area (Å²) in [5.74, 6) is -1.18. The number of alkyl halides is 3. The van der Waals surface area contributed by atoms with E-state index in [4.69, 9.17) is 9.47 Å². The van der Waals surface area contributed by atoms with Crippen LogP contribution in [0, 0.1) is 13.8 Å². The number of halogens is 3. The SMILES string of the molecule is Cc1cccc(OCC(=O)OCC(=O)Nc2ccccc2C(F)(F)F)c1C. The quantitative estimate of drug-likeness (QED) is 0.772. The topological polar surface area (TPSA) is 64.6 Å². The number of anilines is 1. The highest BCUT2D eigenvalue weighted by Crippen LogP contribution is 2.34. The molecule has 8 heteroatoms. The molecule has 0 saturated carbocycles. The third-order valence-corrected chi connectivity index (χ3v) is 3.77. The zero-order chi connectivity index (χ0) is 20.0. The minimum atomic E-state index is -4.61. The van der Waals surface area contributed by atoms with E-state index in [0.717, 1.165) is 23.3 Å². The van der Waals surface area contributed by atoms with E-state index in [0.29, 0.717) is 5.75 Å². The van der Waals surface area contributed by atoms with Crippen molar-refractivity contribution in [3.05, 3.63) is 59.2 Å². The Morgan fingerprint density at radius 3 is 2.41 bits per heavy atom. The first-order valence-electron chi connectivity index (χ1n) is 7.99. The molecule has 0 bridgehead atoms. The number of para-hydroxylation sites is 1. The standard InChI is InChI=1S/C19H18F3NO4/c1-12-6-5-9-16(13(12)2)26-11-18(25)27-10-17(24)23-15-8-4-3-7-14(15)19(20,21)22/h3-9H,10-11H2,1-2H3,(H,23,24). The molecule has 27 heavy (non-hydrogen) atoms. The van der Waals surface area contributed by atoms with Crippen LogP contribution in [-0.4, -0.2) is 25.1 Å². The van der Waals surface area contributed by atoms with Gasteiger partial charge in [-0.25, -0.2) is 4.79 Å². The van der Waals surface area contributed by atoms with Crippen molar-refractivity contribution >= 4 is 17.6 Å². The van der Waals surface area contributed by atoms with Gasteiger partial charge in [-0.3, -0.25) is 4.79 Å². The van der Waals surface area contributed by atoms with Crippen LogP contribution in [0.25, 0.3) is 0 Å². The molecule has 2 aromatic carbocycles. The normalized spacial score (nSPS) is 11.0. The van der Waals surface area contributed by atoms with Crippen LogP contribution in [0.5, 0.6) is 5.75 Å². The van der Waals surface area contributed by atoms with Gasteiger partial charge in [0.25, 0.3) is 5.91 Å². The summed E-state index contributed by atoms with van der Waals surface area (Å²) in [6, 6.07) is 9.89. The first-order chi connectivity index (χ1) is 12.7. The number of carbonyl (C=O) groups excluding carboxylic acids is 2. The molecule has 0 radical (unpaired) electrons. The minimum Gasteiger partial charge on any atom is -0.482 e. The average Bonchev–Trinajstić information content (AvgIpc) is 2.61. The second kappa shape index (κ2) is 8.57. The third-order valence-electron chi connectivity index (χ3n) is 3.77. The van der Waals surface area contributed by atoms with Gasteiger partial charge >= 0.3 is 12.1 Å². The zero-order valence-corrected chi connectivity index (χ0v) is 14.7. The molecule has 0 aliphatic carbocycles. The van der Waals surface area contributed by atoms with E-state index in [-0.39, 0.29) is 0 Å². The van der Waals surface area contributed by atoms with E-state index in [1.807, 2.05) is 19.9 Å². The maximum Gasteiger partial charge on any atom is 0.418 e. The highest BCUT2D eigenvalue weighted by Gasteiger charge is 2.33. The summed E-state index contributed by atoms with van der Waals surface area (Å²) in [4.78, 5) is 23.5. The lowest BCUT2D eigenvalue weighted by Gasteiger charge is -2.14. The summed E-state index contributed by atoms with van der Waals surface area (Å²) in [6.07, 6.45) is -4.61. The number of ether oxygens (including phenoxy) is 2. The molecule has 0 aliphatic rings. The van der Waals surface area contributed by atoms with Crippen LogP contribution >= 0.6 is 0 Å². The van der Waals surface area contributed by atoms with Gasteiger partial charge in [0.2, 0.25) is 0 Å². The minimum absolute atomic E-state index is 0.405. The Bertz CT molecular complexity index is 834. The predicted molar refractivity (Wildman–Crippen MR) is 92.4 cm³/mol. The fraction of sp³-hybridized carbons (Fsp3) is 0.263. The second-order valence-corrected chi connectivity index (χ2v) is 5.74. The Morgan fingerprint density at radius 1 is 1.00 bits per heavy atom. The summed E-state index contributed by atoms with van der Waals surface area (Å²) >= 11 is 0. The molecular formula is C19H18F3NO4. The van der Waals surface area contributed by atoms with Crippen LogP contribution in [-0.2, 0) is 20.5 Å².